The molecule has 0 unspecified atom stereocenters. The number of hydrogen-bond acceptors (Lipinski definition) is 1. The van der Waals surface area contributed by atoms with Gasteiger partial charge in [0, 0.05) is 7.11 Å². The molecule has 0 aromatic rings. The van der Waals surface area contributed by atoms with E-state index in [4.69, 9.17) is 4.43 Å². The first-order valence-corrected chi connectivity index (χ1v) is 7.97. The van der Waals surface area contributed by atoms with Crippen molar-refractivity contribution < 1.29 is 9.53 Å². The van der Waals surface area contributed by atoms with E-state index in [1.54, 1.807) is 6.08 Å². The highest BCUT2D eigenvalue weighted by Gasteiger charge is 2.17. The Morgan fingerprint density at radius 2 is 1.85 bits per heavy atom. The lowest BCUT2D eigenvalue weighted by Crippen LogP contribution is -2.27. The lowest BCUT2D eigenvalue weighted by molar-refractivity contribution is 0.350. The molecule has 0 aliphatic carbocycles. The van der Waals surface area contributed by atoms with Crippen molar-refractivity contribution >= 4 is 8.32 Å². The van der Waals surface area contributed by atoms with Gasteiger partial charge in [-0.2, -0.15) is 0 Å². The van der Waals surface area contributed by atoms with Gasteiger partial charge in [-0.05, 0) is 31.6 Å². The van der Waals surface area contributed by atoms with Crippen LogP contribution in [-0.4, -0.2) is 15.4 Å². The van der Waals surface area contributed by atoms with Crippen LogP contribution in [0, 0.1) is 0 Å². The van der Waals surface area contributed by atoms with Crippen molar-refractivity contribution in [2.75, 3.05) is 7.11 Å². The van der Waals surface area contributed by atoms with Crippen LogP contribution in [0.4, 0.5) is 0 Å². The molecular weight excluding hydrogens is 180 g/mol. The monoisotopic (exact) mass is 203 g/mol. The average molecular weight is 203 g/mol. The molecule has 0 N–H and O–H groups in total. The molecule has 13 heavy (non-hydrogen) atoms. The number of hydrogen-bond donors (Lipinski definition) is 0. The van der Waals surface area contributed by atoms with Crippen LogP contribution < -0.4 is 0 Å². The van der Waals surface area contributed by atoms with Gasteiger partial charge in [0.25, 0.3) is 0 Å². The summed E-state index contributed by atoms with van der Waals surface area (Å²) < 4.78 is 5.32. The maximum absolute atomic E-state index is 9.35. The SMILES string of the molecule is CCC=C[O].CCC[Si](C)(C)OC. The molecule has 0 aromatic carbocycles. The van der Waals surface area contributed by atoms with Crippen LogP contribution in [0.15, 0.2) is 12.3 Å². The predicted octanol–water partition coefficient (Wildman–Crippen LogP) is 3.59. The van der Waals surface area contributed by atoms with Crippen LogP contribution in [0.3, 0.4) is 0 Å². The van der Waals surface area contributed by atoms with Crippen molar-refractivity contribution in [3.05, 3.63) is 12.3 Å². The van der Waals surface area contributed by atoms with Crippen molar-refractivity contribution in [3.63, 3.8) is 0 Å². The maximum Gasteiger partial charge on any atom is 0.186 e. The summed E-state index contributed by atoms with van der Waals surface area (Å²) in [7, 11) is 0.644. The minimum absolute atomic E-state index is 0.806. The standard InChI is InChI=1S/C6H16OSi.C4H7O/c1-5-6-8(3,4)7-2;1-2-3-4-5/h5-6H2,1-4H3;3-4H,2H2,1H3. The highest BCUT2D eigenvalue weighted by Crippen LogP contribution is 2.10. The summed E-state index contributed by atoms with van der Waals surface area (Å²) in [6.45, 7) is 8.62. The van der Waals surface area contributed by atoms with E-state index in [1.807, 2.05) is 14.0 Å². The normalized spacial score (nSPS) is 11.2. The molecule has 0 heterocycles. The molecule has 1 radical (unpaired) electrons. The quantitative estimate of drug-likeness (QED) is 0.507. The van der Waals surface area contributed by atoms with Crippen LogP contribution in [0.25, 0.3) is 0 Å². The first-order valence-electron chi connectivity index (χ1n) is 4.86. The lowest BCUT2D eigenvalue weighted by atomic mass is 10.5. The van der Waals surface area contributed by atoms with E-state index in [2.05, 4.69) is 20.0 Å². The van der Waals surface area contributed by atoms with Crippen molar-refractivity contribution in [1.82, 2.24) is 0 Å². The molecule has 0 aliphatic heterocycles. The molecule has 0 amide bonds. The van der Waals surface area contributed by atoms with Crippen LogP contribution in [0.5, 0.6) is 0 Å². The van der Waals surface area contributed by atoms with Crippen molar-refractivity contribution in [2.45, 2.75) is 45.8 Å². The van der Waals surface area contributed by atoms with Gasteiger partial charge in [-0.15, -0.1) is 0 Å². The molecule has 0 fully saturated rings. The van der Waals surface area contributed by atoms with Gasteiger partial charge < -0.3 is 4.43 Å². The largest absolute Gasteiger partial charge is 0.420 e. The Labute approximate surface area is 83.8 Å². The molecule has 79 valence electrons. The van der Waals surface area contributed by atoms with Crippen LogP contribution in [-0.2, 0) is 9.53 Å². The minimum atomic E-state index is -1.18. The summed E-state index contributed by atoms with van der Waals surface area (Å²) in [6.07, 6.45) is 4.48. The first kappa shape index (κ1) is 15.2. The average Bonchev–Trinajstić information content (AvgIpc) is 2.07. The molecule has 0 rings (SSSR count). The fourth-order valence-electron chi connectivity index (χ4n) is 0.800. The Balaban J connectivity index is 0. The van der Waals surface area contributed by atoms with Gasteiger partial charge in [0.15, 0.2) is 8.32 Å². The van der Waals surface area contributed by atoms with Crippen LogP contribution in [0.1, 0.15) is 26.7 Å². The molecular formula is C10H23O2Si. The molecule has 0 aliphatic rings. The fraction of sp³-hybridized carbons (Fsp3) is 0.800. The summed E-state index contributed by atoms with van der Waals surface area (Å²) in [5.41, 5.74) is 0. The van der Waals surface area contributed by atoms with E-state index in [1.165, 1.54) is 12.5 Å². The number of rotatable bonds is 4. The molecule has 0 aromatic heterocycles. The van der Waals surface area contributed by atoms with Gasteiger partial charge in [0.05, 0.1) is 0 Å². The molecule has 2 nitrogen and oxygen atoms in total. The number of allylic oxidation sites excluding steroid dienone is 1. The predicted molar refractivity (Wildman–Crippen MR) is 59.7 cm³/mol. The third-order valence-electron chi connectivity index (χ3n) is 1.74. The summed E-state index contributed by atoms with van der Waals surface area (Å²) in [5.74, 6) is 0. The second-order valence-corrected chi connectivity index (χ2v) is 7.92. The van der Waals surface area contributed by atoms with E-state index in [0.717, 1.165) is 12.7 Å². The maximum atomic E-state index is 9.35. The van der Waals surface area contributed by atoms with E-state index < -0.39 is 8.32 Å². The second-order valence-electron chi connectivity index (χ2n) is 3.49. The van der Waals surface area contributed by atoms with Gasteiger partial charge in [-0.25, -0.2) is 0 Å². The Bertz CT molecular complexity index is 122. The molecule has 3 heteroatoms. The van der Waals surface area contributed by atoms with Gasteiger partial charge in [-0.3, -0.25) is 5.11 Å². The van der Waals surface area contributed by atoms with Crippen LogP contribution >= 0.6 is 0 Å². The van der Waals surface area contributed by atoms with Crippen LogP contribution in [0.2, 0.25) is 19.1 Å². The van der Waals surface area contributed by atoms with E-state index in [9.17, 15) is 5.11 Å². The van der Waals surface area contributed by atoms with Gasteiger partial charge in [0.1, 0.15) is 6.26 Å². The van der Waals surface area contributed by atoms with E-state index in [0.29, 0.717) is 0 Å². The zero-order valence-electron chi connectivity index (χ0n) is 9.59. The van der Waals surface area contributed by atoms with Crippen molar-refractivity contribution in [1.29, 1.82) is 0 Å². The molecule has 0 saturated heterocycles. The van der Waals surface area contributed by atoms with Gasteiger partial charge in [0.2, 0.25) is 0 Å². The Kier molecular flexibility index (Phi) is 11.5. The third kappa shape index (κ3) is 14.6. The fourth-order valence-corrected chi connectivity index (χ4v) is 2.21. The lowest BCUT2D eigenvalue weighted by Gasteiger charge is -2.17. The summed E-state index contributed by atoms with van der Waals surface area (Å²) in [6, 6.07) is 1.28. The topological polar surface area (TPSA) is 29.1 Å². The third-order valence-corrected chi connectivity index (χ3v) is 4.55. The Morgan fingerprint density at radius 3 is 1.92 bits per heavy atom. The highest BCUT2D eigenvalue weighted by atomic mass is 28.4. The first-order chi connectivity index (χ1) is 6.04. The summed E-state index contributed by atoms with van der Waals surface area (Å²) in [4.78, 5) is 0. The Hall–Kier alpha value is -0.283. The van der Waals surface area contributed by atoms with E-state index in [-0.39, 0.29) is 0 Å². The molecule has 0 atom stereocenters. The zero-order valence-corrected chi connectivity index (χ0v) is 10.6. The van der Waals surface area contributed by atoms with Crippen molar-refractivity contribution in [2.24, 2.45) is 0 Å². The molecule has 0 spiro atoms. The Morgan fingerprint density at radius 1 is 1.31 bits per heavy atom. The second kappa shape index (κ2) is 9.80. The molecule has 0 saturated carbocycles. The molecule has 0 bridgehead atoms. The summed E-state index contributed by atoms with van der Waals surface area (Å²) >= 11 is 0. The minimum Gasteiger partial charge on any atom is -0.420 e. The zero-order chi connectivity index (χ0) is 10.7. The summed E-state index contributed by atoms with van der Waals surface area (Å²) in [5, 5.41) is 9.35. The highest BCUT2D eigenvalue weighted by molar-refractivity contribution is 6.71. The smallest absolute Gasteiger partial charge is 0.186 e. The van der Waals surface area contributed by atoms with Gasteiger partial charge >= 0.3 is 0 Å². The van der Waals surface area contributed by atoms with Gasteiger partial charge in [-0.1, -0.05) is 20.3 Å². The van der Waals surface area contributed by atoms with Crippen molar-refractivity contribution in [3.8, 4) is 0 Å². The van der Waals surface area contributed by atoms with E-state index >= 15 is 0 Å².